The first kappa shape index (κ1) is 18.7. The molecule has 2 rings (SSSR count). The lowest BCUT2D eigenvalue weighted by atomic mass is 9.95. The predicted molar refractivity (Wildman–Crippen MR) is 97.4 cm³/mol. The number of methoxy groups -OCH3 is 1. The van der Waals surface area contributed by atoms with Gasteiger partial charge in [0.25, 0.3) is 0 Å². The zero-order valence-electron chi connectivity index (χ0n) is 14.9. The van der Waals surface area contributed by atoms with E-state index in [2.05, 4.69) is 15.6 Å². The molecule has 6 heteroatoms. The Bertz CT molecular complexity index is 424. The first-order chi connectivity index (χ1) is 11.1. The molecule has 5 nitrogen and oxygen atoms in total. The standard InChI is InChI=1S/C17H33N3O2S/c1-4-23(21)15-7-5-6-14(12-15)20-16(18-2)19-13-17(8-9-17)10-11-22-3/h14-15H,4-13H2,1-3H3,(H2,18,19,20). The van der Waals surface area contributed by atoms with E-state index < -0.39 is 10.8 Å². The molecule has 0 aliphatic heterocycles. The van der Waals surface area contributed by atoms with E-state index in [0.717, 1.165) is 57.0 Å². The van der Waals surface area contributed by atoms with Crippen molar-refractivity contribution in [1.82, 2.24) is 10.6 Å². The Morgan fingerprint density at radius 1 is 1.39 bits per heavy atom. The van der Waals surface area contributed by atoms with E-state index in [1.807, 2.05) is 14.0 Å². The van der Waals surface area contributed by atoms with Crippen molar-refractivity contribution in [2.24, 2.45) is 10.4 Å². The van der Waals surface area contributed by atoms with Crippen LogP contribution in [0.5, 0.6) is 0 Å². The lowest BCUT2D eigenvalue weighted by Gasteiger charge is -2.30. The summed E-state index contributed by atoms with van der Waals surface area (Å²) in [6, 6.07) is 0.393. The van der Waals surface area contributed by atoms with Crippen molar-refractivity contribution >= 4 is 16.8 Å². The maximum atomic E-state index is 12.1. The molecule has 0 bridgehead atoms. The van der Waals surface area contributed by atoms with Crippen LogP contribution in [0.15, 0.2) is 4.99 Å². The third-order valence-corrected chi connectivity index (χ3v) is 7.01. The zero-order valence-corrected chi connectivity index (χ0v) is 15.7. The maximum absolute atomic E-state index is 12.1. The van der Waals surface area contributed by atoms with Crippen molar-refractivity contribution in [3.63, 3.8) is 0 Å². The molecule has 0 aromatic carbocycles. The van der Waals surface area contributed by atoms with Gasteiger partial charge in [0.05, 0.1) is 0 Å². The van der Waals surface area contributed by atoms with Gasteiger partial charge < -0.3 is 15.4 Å². The van der Waals surface area contributed by atoms with Crippen LogP contribution in [0.1, 0.15) is 51.9 Å². The van der Waals surface area contributed by atoms with Gasteiger partial charge in [0.1, 0.15) is 0 Å². The molecule has 0 aromatic heterocycles. The van der Waals surface area contributed by atoms with E-state index in [0.29, 0.717) is 16.7 Å². The molecule has 3 unspecified atom stereocenters. The molecule has 0 saturated heterocycles. The molecule has 2 aliphatic rings. The van der Waals surface area contributed by atoms with Gasteiger partial charge in [-0.3, -0.25) is 9.20 Å². The van der Waals surface area contributed by atoms with Gasteiger partial charge in [0.2, 0.25) is 0 Å². The van der Waals surface area contributed by atoms with Gasteiger partial charge in [0, 0.05) is 55.2 Å². The van der Waals surface area contributed by atoms with E-state index in [9.17, 15) is 4.21 Å². The lowest BCUT2D eigenvalue weighted by molar-refractivity contribution is 0.172. The quantitative estimate of drug-likeness (QED) is 0.523. The Hall–Kier alpha value is -0.620. The molecule has 134 valence electrons. The Kier molecular flexibility index (Phi) is 7.34. The Labute approximate surface area is 143 Å². The minimum atomic E-state index is -0.677. The van der Waals surface area contributed by atoms with E-state index in [-0.39, 0.29) is 0 Å². The highest BCUT2D eigenvalue weighted by atomic mass is 32.2. The summed E-state index contributed by atoms with van der Waals surface area (Å²) in [5, 5.41) is 7.39. The maximum Gasteiger partial charge on any atom is 0.191 e. The fraction of sp³-hybridized carbons (Fsp3) is 0.941. The van der Waals surface area contributed by atoms with Crippen molar-refractivity contribution in [3.05, 3.63) is 0 Å². The van der Waals surface area contributed by atoms with Crippen molar-refractivity contribution in [3.8, 4) is 0 Å². The minimum Gasteiger partial charge on any atom is -0.385 e. The summed E-state index contributed by atoms with van der Waals surface area (Å²) in [6.07, 6.45) is 8.08. The van der Waals surface area contributed by atoms with Crippen molar-refractivity contribution in [2.45, 2.75) is 63.2 Å². The zero-order chi connectivity index (χ0) is 16.7. The summed E-state index contributed by atoms with van der Waals surface area (Å²) in [6.45, 7) is 3.82. The monoisotopic (exact) mass is 343 g/mol. The van der Waals surface area contributed by atoms with Crippen LogP contribution in [0.2, 0.25) is 0 Å². The smallest absolute Gasteiger partial charge is 0.191 e. The number of nitrogens with zero attached hydrogens (tertiary/aromatic N) is 1. The van der Waals surface area contributed by atoms with Gasteiger partial charge in [-0.05, 0) is 43.9 Å². The molecule has 2 aliphatic carbocycles. The first-order valence-electron chi connectivity index (χ1n) is 8.96. The van der Waals surface area contributed by atoms with Crippen molar-refractivity contribution in [2.75, 3.05) is 33.1 Å². The number of rotatable bonds is 8. The highest BCUT2D eigenvalue weighted by molar-refractivity contribution is 7.85. The average molecular weight is 344 g/mol. The van der Waals surface area contributed by atoms with Crippen LogP contribution in [0, 0.1) is 5.41 Å². The Morgan fingerprint density at radius 2 is 2.17 bits per heavy atom. The number of hydrogen-bond donors (Lipinski definition) is 2. The third-order valence-electron chi connectivity index (χ3n) is 5.27. The fourth-order valence-electron chi connectivity index (χ4n) is 3.42. The van der Waals surface area contributed by atoms with Crippen LogP contribution in [-0.4, -0.2) is 54.5 Å². The van der Waals surface area contributed by atoms with E-state index in [1.165, 1.54) is 12.8 Å². The highest BCUT2D eigenvalue weighted by Crippen LogP contribution is 2.48. The van der Waals surface area contributed by atoms with Crippen LogP contribution in [0.25, 0.3) is 0 Å². The topological polar surface area (TPSA) is 62.7 Å². The van der Waals surface area contributed by atoms with Crippen LogP contribution in [-0.2, 0) is 15.5 Å². The number of hydrogen-bond acceptors (Lipinski definition) is 3. The van der Waals surface area contributed by atoms with Gasteiger partial charge in [-0.2, -0.15) is 0 Å². The summed E-state index contributed by atoms with van der Waals surface area (Å²) < 4.78 is 17.3. The Morgan fingerprint density at radius 3 is 2.78 bits per heavy atom. The number of nitrogens with one attached hydrogen (secondary N) is 2. The van der Waals surface area contributed by atoms with Gasteiger partial charge in [-0.15, -0.1) is 0 Å². The van der Waals surface area contributed by atoms with Gasteiger partial charge >= 0.3 is 0 Å². The molecule has 23 heavy (non-hydrogen) atoms. The van der Waals surface area contributed by atoms with Gasteiger partial charge in [0.15, 0.2) is 5.96 Å². The number of ether oxygens (including phenoxy) is 1. The molecular formula is C17H33N3O2S. The van der Waals surface area contributed by atoms with E-state index in [1.54, 1.807) is 7.11 Å². The second kappa shape index (κ2) is 9.02. The summed E-state index contributed by atoms with van der Waals surface area (Å²) >= 11 is 0. The van der Waals surface area contributed by atoms with E-state index >= 15 is 0 Å². The largest absolute Gasteiger partial charge is 0.385 e. The summed E-state index contributed by atoms with van der Waals surface area (Å²) in [4.78, 5) is 4.37. The third kappa shape index (κ3) is 5.75. The molecule has 2 N–H and O–H groups in total. The van der Waals surface area contributed by atoms with Gasteiger partial charge in [-0.25, -0.2) is 0 Å². The second-order valence-electron chi connectivity index (χ2n) is 6.97. The van der Waals surface area contributed by atoms with Crippen LogP contribution < -0.4 is 10.6 Å². The summed E-state index contributed by atoms with van der Waals surface area (Å²) in [5.74, 6) is 1.66. The molecular weight excluding hydrogens is 310 g/mol. The average Bonchev–Trinajstić information content (AvgIpc) is 3.36. The SMILES string of the molecule is CCS(=O)C1CCCC(NC(=NC)NCC2(CCOC)CC2)C1. The summed E-state index contributed by atoms with van der Waals surface area (Å²) in [5.41, 5.74) is 0.409. The molecule has 2 saturated carbocycles. The molecule has 3 atom stereocenters. The highest BCUT2D eigenvalue weighted by Gasteiger charge is 2.42. The molecule has 0 radical (unpaired) electrons. The van der Waals surface area contributed by atoms with Crippen LogP contribution >= 0.6 is 0 Å². The number of aliphatic imine (C=N–C) groups is 1. The minimum absolute atomic E-state index is 0.348. The lowest BCUT2D eigenvalue weighted by Crippen LogP contribution is -2.47. The van der Waals surface area contributed by atoms with Crippen LogP contribution in [0.3, 0.4) is 0 Å². The molecule has 0 amide bonds. The predicted octanol–water partition coefficient (Wildman–Crippen LogP) is 2.05. The van der Waals surface area contributed by atoms with Crippen molar-refractivity contribution in [1.29, 1.82) is 0 Å². The van der Waals surface area contributed by atoms with Crippen molar-refractivity contribution < 1.29 is 8.95 Å². The molecule has 0 aromatic rings. The molecule has 2 fully saturated rings. The Balaban J connectivity index is 1.77. The normalized spacial score (nSPS) is 28.2. The second-order valence-corrected chi connectivity index (χ2v) is 8.97. The van der Waals surface area contributed by atoms with Gasteiger partial charge in [-0.1, -0.05) is 13.3 Å². The molecule has 0 heterocycles. The molecule has 0 spiro atoms. The fourth-order valence-corrected chi connectivity index (χ4v) is 4.77. The number of guanidine groups is 1. The summed E-state index contributed by atoms with van der Waals surface area (Å²) in [7, 11) is 2.92. The van der Waals surface area contributed by atoms with E-state index in [4.69, 9.17) is 4.74 Å². The van der Waals surface area contributed by atoms with Crippen LogP contribution in [0.4, 0.5) is 0 Å². The first-order valence-corrected chi connectivity index (χ1v) is 10.3.